The first kappa shape index (κ1) is 18.6. The van der Waals surface area contributed by atoms with Gasteiger partial charge in [-0.1, -0.05) is 0 Å². The van der Waals surface area contributed by atoms with Crippen LogP contribution in [0.1, 0.15) is 39.1 Å². The van der Waals surface area contributed by atoms with Crippen LogP contribution in [0.4, 0.5) is 0 Å². The van der Waals surface area contributed by atoms with Crippen molar-refractivity contribution in [3.63, 3.8) is 0 Å². The van der Waals surface area contributed by atoms with E-state index in [4.69, 9.17) is 4.74 Å². The smallest absolute Gasteiger partial charge is 0.291 e. The Morgan fingerprint density at radius 2 is 2.12 bits per heavy atom. The van der Waals surface area contributed by atoms with Crippen LogP contribution in [0.5, 0.6) is 0 Å². The molecule has 0 unspecified atom stereocenters. The first-order valence-corrected chi connectivity index (χ1v) is 9.65. The summed E-state index contributed by atoms with van der Waals surface area (Å²) in [5.74, 6) is 0.458. The van der Waals surface area contributed by atoms with E-state index in [-0.39, 0.29) is 17.6 Å². The molecule has 8 heteroatoms. The number of amides is 1. The molecule has 3 aromatic heterocycles. The van der Waals surface area contributed by atoms with Crippen molar-refractivity contribution in [3.8, 4) is 0 Å². The van der Waals surface area contributed by atoms with Gasteiger partial charge in [0, 0.05) is 13.2 Å². The van der Waals surface area contributed by atoms with E-state index in [1.54, 1.807) is 18.3 Å². The fraction of sp³-hybridized carbons (Fsp3) is 0.500. The van der Waals surface area contributed by atoms with Crippen LogP contribution in [-0.2, 0) is 9.53 Å². The molecule has 0 bridgehead atoms. The van der Waals surface area contributed by atoms with Crippen LogP contribution >= 0.6 is 11.3 Å². The first-order chi connectivity index (χ1) is 12.4. The summed E-state index contributed by atoms with van der Waals surface area (Å²) >= 11 is 1.58. The number of aryl methyl sites for hydroxylation is 1. The minimum atomic E-state index is -0.676. The molecule has 0 aromatic carbocycles. The summed E-state index contributed by atoms with van der Waals surface area (Å²) in [4.78, 5) is 25.2. The summed E-state index contributed by atoms with van der Waals surface area (Å²) in [6, 6.07) is 3.16. The lowest BCUT2D eigenvalue weighted by atomic mass is 10.3. The quantitative estimate of drug-likeness (QED) is 0.643. The lowest BCUT2D eigenvalue weighted by molar-refractivity contribution is -0.124. The maximum absolute atomic E-state index is 12.8. The Labute approximate surface area is 155 Å². The first-order valence-electron chi connectivity index (χ1n) is 8.77. The van der Waals surface area contributed by atoms with Crippen LogP contribution in [0, 0.1) is 6.92 Å². The van der Waals surface area contributed by atoms with E-state index in [0.29, 0.717) is 24.5 Å². The number of hydrogen-bond donors (Lipinski definition) is 1. The number of rotatable bonds is 7. The van der Waals surface area contributed by atoms with E-state index in [0.717, 1.165) is 16.6 Å². The molecule has 0 aliphatic heterocycles. The SMILES string of the molecule is Cc1nn([C@@H](C)C(=O)NCCCOC(C)C)c(=O)c2cc3sccc3n12. The molecule has 0 spiro atoms. The molecule has 1 N–H and O–H groups in total. The van der Waals surface area contributed by atoms with Crippen LogP contribution in [0.25, 0.3) is 15.7 Å². The lowest BCUT2D eigenvalue weighted by Crippen LogP contribution is -2.38. The van der Waals surface area contributed by atoms with E-state index >= 15 is 0 Å². The van der Waals surface area contributed by atoms with E-state index in [1.165, 1.54) is 4.68 Å². The molecule has 0 radical (unpaired) electrons. The van der Waals surface area contributed by atoms with Crippen molar-refractivity contribution in [1.82, 2.24) is 19.5 Å². The van der Waals surface area contributed by atoms with E-state index < -0.39 is 6.04 Å². The van der Waals surface area contributed by atoms with Gasteiger partial charge in [-0.2, -0.15) is 5.10 Å². The van der Waals surface area contributed by atoms with E-state index in [2.05, 4.69) is 10.4 Å². The number of fused-ring (bicyclic) bond motifs is 3. The van der Waals surface area contributed by atoms with E-state index in [1.807, 2.05) is 42.7 Å². The topological polar surface area (TPSA) is 77.6 Å². The summed E-state index contributed by atoms with van der Waals surface area (Å²) in [5, 5.41) is 9.21. The third kappa shape index (κ3) is 3.52. The Bertz CT molecular complexity index is 986. The number of ether oxygens (including phenoxy) is 1. The second-order valence-corrected chi connectivity index (χ2v) is 7.52. The van der Waals surface area contributed by atoms with Gasteiger partial charge in [0.1, 0.15) is 17.4 Å². The van der Waals surface area contributed by atoms with Gasteiger partial charge in [0.25, 0.3) is 5.56 Å². The number of carbonyl (C=O) groups excluding carboxylic acids is 1. The van der Waals surface area contributed by atoms with Crippen LogP contribution in [-0.4, -0.2) is 39.3 Å². The zero-order valence-corrected chi connectivity index (χ0v) is 16.3. The third-order valence-corrected chi connectivity index (χ3v) is 5.10. The minimum Gasteiger partial charge on any atom is -0.379 e. The largest absolute Gasteiger partial charge is 0.379 e. The third-order valence-electron chi connectivity index (χ3n) is 4.24. The Hall–Kier alpha value is -2.19. The average molecular weight is 376 g/mol. The molecule has 3 aromatic rings. The molecule has 3 rings (SSSR count). The maximum atomic E-state index is 12.8. The zero-order chi connectivity index (χ0) is 18.8. The number of thiophene rings is 1. The Kier molecular flexibility index (Phi) is 5.43. The standard InChI is InChI=1S/C18H24N4O3S/c1-11(2)25-8-5-7-19-17(23)12(3)22-18(24)15-10-16-14(6-9-26-16)21(15)13(4)20-22/h6,9-12H,5,7-8H2,1-4H3,(H,19,23)/t12-/m0/s1. The molecule has 1 atom stereocenters. The second-order valence-electron chi connectivity index (χ2n) is 6.57. The van der Waals surface area contributed by atoms with Crippen LogP contribution < -0.4 is 10.9 Å². The molecule has 0 aliphatic rings. The molecule has 26 heavy (non-hydrogen) atoms. The monoisotopic (exact) mass is 376 g/mol. The van der Waals surface area contributed by atoms with Crippen LogP contribution in [0.2, 0.25) is 0 Å². The van der Waals surface area contributed by atoms with Gasteiger partial charge in [0.05, 0.1) is 16.3 Å². The van der Waals surface area contributed by atoms with E-state index in [9.17, 15) is 9.59 Å². The van der Waals surface area contributed by atoms with Crippen molar-refractivity contribution in [1.29, 1.82) is 0 Å². The van der Waals surface area contributed by atoms with Gasteiger partial charge >= 0.3 is 0 Å². The number of carbonyl (C=O) groups is 1. The normalized spacial score (nSPS) is 13.0. The number of aromatic nitrogens is 3. The fourth-order valence-electron chi connectivity index (χ4n) is 2.92. The van der Waals surface area contributed by atoms with Gasteiger partial charge in [-0.25, -0.2) is 4.68 Å². The minimum absolute atomic E-state index is 0.179. The van der Waals surface area contributed by atoms with Gasteiger partial charge < -0.3 is 10.1 Å². The number of nitrogens with zero attached hydrogens (tertiary/aromatic N) is 3. The molecule has 140 valence electrons. The van der Waals surface area contributed by atoms with Crippen molar-refractivity contribution in [2.45, 2.75) is 46.3 Å². The highest BCUT2D eigenvalue weighted by molar-refractivity contribution is 7.17. The highest BCUT2D eigenvalue weighted by Crippen LogP contribution is 2.24. The molecule has 7 nitrogen and oxygen atoms in total. The van der Waals surface area contributed by atoms with Gasteiger partial charge in [0.2, 0.25) is 5.91 Å². The number of nitrogens with one attached hydrogen (secondary N) is 1. The maximum Gasteiger partial charge on any atom is 0.291 e. The molecular formula is C18H24N4O3S. The fourth-order valence-corrected chi connectivity index (χ4v) is 3.72. The highest BCUT2D eigenvalue weighted by atomic mass is 32.1. The number of hydrogen-bond acceptors (Lipinski definition) is 5. The summed E-state index contributed by atoms with van der Waals surface area (Å²) in [5.41, 5.74) is 1.26. The van der Waals surface area contributed by atoms with Crippen molar-refractivity contribution >= 4 is 33.0 Å². The molecule has 0 fully saturated rings. The zero-order valence-electron chi connectivity index (χ0n) is 15.5. The highest BCUT2D eigenvalue weighted by Gasteiger charge is 2.20. The summed E-state index contributed by atoms with van der Waals surface area (Å²) in [6.45, 7) is 8.58. The summed E-state index contributed by atoms with van der Waals surface area (Å²) in [7, 11) is 0. The molecular weight excluding hydrogens is 352 g/mol. The molecule has 0 aliphatic carbocycles. The predicted octanol–water partition coefficient (Wildman–Crippen LogP) is 2.51. The van der Waals surface area contributed by atoms with Gasteiger partial charge in [0.15, 0.2) is 0 Å². The van der Waals surface area contributed by atoms with Crippen molar-refractivity contribution in [3.05, 3.63) is 33.7 Å². The molecule has 3 heterocycles. The second kappa shape index (κ2) is 7.59. The van der Waals surface area contributed by atoms with Gasteiger partial charge in [-0.15, -0.1) is 11.3 Å². The lowest BCUT2D eigenvalue weighted by Gasteiger charge is -2.16. The van der Waals surface area contributed by atoms with Crippen LogP contribution in [0.3, 0.4) is 0 Å². The molecule has 1 amide bonds. The molecule has 0 saturated heterocycles. The summed E-state index contributed by atoms with van der Waals surface area (Å²) in [6.07, 6.45) is 0.908. The average Bonchev–Trinajstić information content (AvgIpc) is 3.17. The van der Waals surface area contributed by atoms with Crippen molar-refractivity contribution < 1.29 is 9.53 Å². The van der Waals surface area contributed by atoms with Gasteiger partial charge in [-0.05, 0) is 51.6 Å². The van der Waals surface area contributed by atoms with Crippen LogP contribution in [0.15, 0.2) is 22.3 Å². The van der Waals surface area contributed by atoms with Crippen molar-refractivity contribution in [2.24, 2.45) is 0 Å². The Morgan fingerprint density at radius 1 is 1.35 bits per heavy atom. The summed E-state index contributed by atoms with van der Waals surface area (Å²) < 4.78 is 9.60. The molecule has 0 saturated carbocycles. The van der Waals surface area contributed by atoms with Crippen molar-refractivity contribution in [2.75, 3.05) is 13.2 Å². The Balaban J connectivity index is 1.77. The Morgan fingerprint density at radius 3 is 2.85 bits per heavy atom. The predicted molar refractivity (Wildman–Crippen MR) is 103 cm³/mol. The van der Waals surface area contributed by atoms with Gasteiger partial charge in [-0.3, -0.25) is 14.0 Å².